The summed E-state index contributed by atoms with van der Waals surface area (Å²) in [7, 11) is 3.79. The monoisotopic (exact) mass is 244 g/mol. The summed E-state index contributed by atoms with van der Waals surface area (Å²) >= 11 is 0. The molecule has 0 aromatic carbocycles. The fraction of sp³-hybridized carbons (Fsp3) is 0.917. The molecule has 0 aromatic rings. The number of hydrogen-bond donors (Lipinski definition) is 0. The van der Waals surface area contributed by atoms with E-state index in [9.17, 15) is 4.79 Å². The van der Waals surface area contributed by atoms with E-state index < -0.39 is 5.60 Å². The lowest BCUT2D eigenvalue weighted by molar-refractivity contribution is 0.0286. The minimum absolute atomic E-state index is 0.270. The SMILES string of the molecule is CN(CCN(C)C(=O)OC(C)(C)C)CC1CO1. The molecule has 1 saturated heterocycles. The molecule has 0 aliphatic carbocycles. The van der Waals surface area contributed by atoms with E-state index in [2.05, 4.69) is 4.90 Å². The van der Waals surface area contributed by atoms with E-state index in [-0.39, 0.29) is 6.09 Å². The van der Waals surface area contributed by atoms with Crippen LogP contribution in [0.5, 0.6) is 0 Å². The second-order valence-electron chi connectivity index (χ2n) is 5.62. The highest BCUT2D eigenvalue weighted by Gasteiger charge is 2.24. The molecule has 1 rings (SSSR count). The Morgan fingerprint density at radius 2 is 1.94 bits per heavy atom. The van der Waals surface area contributed by atoms with Gasteiger partial charge in [-0.25, -0.2) is 4.79 Å². The molecule has 1 aliphatic heterocycles. The van der Waals surface area contributed by atoms with E-state index >= 15 is 0 Å². The second-order valence-corrected chi connectivity index (χ2v) is 5.62. The smallest absolute Gasteiger partial charge is 0.410 e. The summed E-state index contributed by atoms with van der Waals surface area (Å²) in [6.45, 7) is 8.90. The molecular formula is C12H24N2O3. The molecule has 0 bridgehead atoms. The Morgan fingerprint density at radius 1 is 1.35 bits per heavy atom. The molecule has 0 spiro atoms. The molecule has 0 aromatic heterocycles. The molecule has 1 unspecified atom stereocenters. The Balaban J connectivity index is 2.18. The average molecular weight is 244 g/mol. The number of hydrogen-bond acceptors (Lipinski definition) is 4. The number of carbonyl (C=O) groups is 1. The first-order valence-electron chi connectivity index (χ1n) is 6.02. The largest absolute Gasteiger partial charge is 0.444 e. The number of ether oxygens (including phenoxy) is 2. The molecule has 0 saturated carbocycles. The lowest BCUT2D eigenvalue weighted by atomic mass is 10.2. The van der Waals surface area contributed by atoms with Crippen molar-refractivity contribution in [2.45, 2.75) is 32.5 Å². The van der Waals surface area contributed by atoms with E-state index in [0.29, 0.717) is 12.6 Å². The summed E-state index contributed by atoms with van der Waals surface area (Å²) < 4.78 is 10.4. The van der Waals surface area contributed by atoms with Gasteiger partial charge in [0.05, 0.1) is 12.7 Å². The van der Waals surface area contributed by atoms with Gasteiger partial charge in [-0.15, -0.1) is 0 Å². The lowest BCUT2D eigenvalue weighted by Crippen LogP contribution is -2.39. The number of epoxide rings is 1. The Bertz CT molecular complexity index is 259. The van der Waals surface area contributed by atoms with Crippen LogP contribution in [0.15, 0.2) is 0 Å². The molecule has 1 atom stereocenters. The van der Waals surface area contributed by atoms with Crippen molar-refractivity contribution in [3.05, 3.63) is 0 Å². The third kappa shape index (κ3) is 6.48. The van der Waals surface area contributed by atoms with Crippen molar-refractivity contribution < 1.29 is 14.3 Å². The Kier molecular flexibility index (Phi) is 4.77. The maximum Gasteiger partial charge on any atom is 0.410 e. The van der Waals surface area contributed by atoms with E-state index in [0.717, 1.165) is 19.7 Å². The van der Waals surface area contributed by atoms with E-state index in [4.69, 9.17) is 9.47 Å². The fourth-order valence-electron chi connectivity index (χ4n) is 1.36. The highest BCUT2D eigenvalue weighted by atomic mass is 16.6. The maximum absolute atomic E-state index is 11.7. The van der Waals surface area contributed by atoms with Crippen molar-refractivity contribution >= 4 is 6.09 Å². The summed E-state index contributed by atoms with van der Waals surface area (Å²) in [6, 6.07) is 0. The average Bonchev–Trinajstić information content (AvgIpc) is 2.95. The van der Waals surface area contributed by atoms with Gasteiger partial charge >= 0.3 is 6.09 Å². The van der Waals surface area contributed by atoms with Crippen LogP contribution in [0.2, 0.25) is 0 Å². The van der Waals surface area contributed by atoms with Crippen molar-refractivity contribution in [1.82, 2.24) is 9.80 Å². The van der Waals surface area contributed by atoms with Crippen molar-refractivity contribution in [2.75, 3.05) is 40.3 Å². The van der Waals surface area contributed by atoms with Crippen molar-refractivity contribution in [3.63, 3.8) is 0 Å². The second kappa shape index (κ2) is 5.69. The van der Waals surface area contributed by atoms with Gasteiger partial charge in [0.25, 0.3) is 0 Å². The summed E-state index contributed by atoms with van der Waals surface area (Å²) in [4.78, 5) is 15.4. The van der Waals surface area contributed by atoms with E-state index in [1.54, 1.807) is 11.9 Å². The van der Waals surface area contributed by atoms with Crippen molar-refractivity contribution in [1.29, 1.82) is 0 Å². The van der Waals surface area contributed by atoms with Crippen LogP contribution in [0.25, 0.3) is 0 Å². The summed E-state index contributed by atoms with van der Waals surface area (Å²) in [6.07, 6.45) is 0.125. The quantitative estimate of drug-likeness (QED) is 0.681. The standard InChI is InChI=1S/C12H24N2O3/c1-12(2,3)17-11(15)14(5)7-6-13(4)8-10-9-16-10/h10H,6-9H2,1-5H3. The van der Waals surface area contributed by atoms with Gasteiger partial charge in [0.2, 0.25) is 0 Å². The van der Waals surface area contributed by atoms with Gasteiger partial charge in [-0.1, -0.05) is 0 Å². The molecule has 1 fully saturated rings. The van der Waals surface area contributed by atoms with Crippen LogP contribution in [0.3, 0.4) is 0 Å². The Hall–Kier alpha value is -0.810. The fourth-order valence-corrected chi connectivity index (χ4v) is 1.36. The highest BCUT2D eigenvalue weighted by Crippen LogP contribution is 2.10. The van der Waals surface area contributed by atoms with Gasteiger partial charge < -0.3 is 19.3 Å². The summed E-state index contributed by atoms with van der Waals surface area (Å²) in [5.74, 6) is 0. The Labute approximate surface area is 104 Å². The highest BCUT2D eigenvalue weighted by molar-refractivity contribution is 5.67. The molecule has 5 nitrogen and oxygen atoms in total. The van der Waals surface area contributed by atoms with E-state index in [1.165, 1.54) is 0 Å². The van der Waals surface area contributed by atoms with Gasteiger partial charge in [-0.05, 0) is 27.8 Å². The number of likely N-dealkylation sites (N-methyl/N-ethyl adjacent to an activating group) is 2. The zero-order valence-corrected chi connectivity index (χ0v) is 11.5. The number of carbonyl (C=O) groups excluding carboxylic acids is 1. The topological polar surface area (TPSA) is 45.3 Å². The van der Waals surface area contributed by atoms with Gasteiger partial charge in [-0.2, -0.15) is 0 Å². The predicted octanol–water partition coefficient (Wildman–Crippen LogP) is 1.18. The maximum atomic E-state index is 11.7. The van der Waals surface area contributed by atoms with Crippen LogP contribution < -0.4 is 0 Å². The third-order valence-corrected chi connectivity index (χ3v) is 2.44. The molecule has 5 heteroatoms. The van der Waals surface area contributed by atoms with Crippen LogP contribution in [0.1, 0.15) is 20.8 Å². The molecular weight excluding hydrogens is 220 g/mol. The molecule has 17 heavy (non-hydrogen) atoms. The van der Waals surface area contributed by atoms with Crippen LogP contribution in [-0.4, -0.2) is 67.9 Å². The molecule has 100 valence electrons. The first-order valence-corrected chi connectivity index (χ1v) is 6.02. The van der Waals surface area contributed by atoms with Crippen LogP contribution >= 0.6 is 0 Å². The molecule has 1 amide bonds. The lowest BCUT2D eigenvalue weighted by Gasteiger charge is -2.26. The Morgan fingerprint density at radius 3 is 2.41 bits per heavy atom. The molecule has 1 aliphatic rings. The molecule has 1 heterocycles. The van der Waals surface area contributed by atoms with Crippen LogP contribution in [-0.2, 0) is 9.47 Å². The van der Waals surface area contributed by atoms with Crippen LogP contribution in [0, 0.1) is 0 Å². The van der Waals surface area contributed by atoms with Gasteiger partial charge in [0.15, 0.2) is 0 Å². The van der Waals surface area contributed by atoms with Crippen molar-refractivity contribution in [2.24, 2.45) is 0 Å². The zero-order chi connectivity index (χ0) is 13.1. The van der Waals surface area contributed by atoms with Gasteiger partial charge in [0, 0.05) is 26.7 Å². The molecule has 0 radical (unpaired) electrons. The minimum Gasteiger partial charge on any atom is -0.444 e. The van der Waals surface area contributed by atoms with E-state index in [1.807, 2.05) is 27.8 Å². The number of rotatable bonds is 5. The first kappa shape index (κ1) is 14.3. The number of nitrogens with zero attached hydrogens (tertiary/aromatic N) is 2. The van der Waals surface area contributed by atoms with Gasteiger partial charge in [-0.3, -0.25) is 0 Å². The van der Waals surface area contributed by atoms with Crippen molar-refractivity contribution in [3.8, 4) is 0 Å². The van der Waals surface area contributed by atoms with Gasteiger partial charge in [0.1, 0.15) is 5.60 Å². The zero-order valence-electron chi connectivity index (χ0n) is 11.5. The first-order chi connectivity index (χ1) is 7.78. The summed E-state index contributed by atoms with van der Waals surface area (Å²) in [5.41, 5.74) is -0.431. The third-order valence-electron chi connectivity index (χ3n) is 2.44. The summed E-state index contributed by atoms with van der Waals surface area (Å²) in [5, 5.41) is 0. The minimum atomic E-state index is -0.431. The molecule has 0 N–H and O–H groups in total. The predicted molar refractivity (Wildman–Crippen MR) is 66.1 cm³/mol. The number of amides is 1. The van der Waals surface area contributed by atoms with Crippen LogP contribution in [0.4, 0.5) is 4.79 Å². The normalized spacial score (nSPS) is 19.3.